The van der Waals surface area contributed by atoms with E-state index in [-0.39, 0.29) is 5.82 Å². The molecule has 0 amide bonds. The second kappa shape index (κ2) is 6.48. The van der Waals surface area contributed by atoms with Crippen LogP contribution in [0.15, 0.2) is 18.2 Å². The zero-order valence-corrected chi connectivity index (χ0v) is 10.1. The van der Waals surface area contributed by atoms with Gasteiger partial charge in [0.15, 0.2) is 0 Å². The maximum atomic E-state index is 13.6. The molecular formula is C13H21FN2. The minimum absolute atomic E-state index is 0.185. The van der Waals surface area contributed by atoms with E-state index in [1.807, 2.05) is 6.07 Å². The molecule has 1 rings (SSSR count). The monoisotopic (exact) mass is 224 g/mol. The van der Waals surface area contributed by atoms with Gasteiger partial charge in [-0.05, 0) is 43.0 Å². The van der Waals surface area contributed by atoms with E-state index in [0.29, 0.717) is 18.2 Å². The van der Waals surface area contributed by atoms with Gasteiger partial charge in [-0.1, -0.05) is 19.9 Å². The lowest BCUT2D eigenvalue weighted by Gasteiger charge is -2.10. The second-order valence-electron chi connectivity index (χ2n) is 4.46. The molecule has 3 heteroatoms. The number of rotatable bonds is 6. The Morgan fingerprint density at radius 2 is 2.12 bits per heavy atom. The Kier molecular flexibility index (Phi) is 5.26. The molecule has 90 valence electrons. The summed E-state index contributed by atoms with van der Waals surface area (Å²) in [5.41, 5.74) is 6.96. The average molecular weight is 224 g/mol. The minimum Gasteiger partial charge on any atom is -0.383 e. The lowest BCUT2D eigenvalue weighted by Crippen LogP contribution is -2.07. The first-order valence-corrected chi connectivity index (χ1v) is 5.86. The van der Waals surface area contributed by atoms with Gasteiger partial charge in [-0.15, -0.1) is 0 Å². The van der Waals surface area contributed by atoms with Gasteiger partial charge < -0.3 is 11.1 Å². The summed E-state index contributed by atoms with van der Waals surface area (Å²) in [4.78, 5) is 0. The Balaban J connectivity index is 2.54. The average Bonchev–Trinajstić information content (AvgIpc) is 2.21. The molecule has 0 bridgehead atoms. The third kappa shape index (κ3) is 4.19. The molecule has 0 atom stereocenters. The first-order valence-electron chi connectivity index (χ1n) is 5.86. The SMILES string of the molecule is CC(C)CCNc1ccc(CCN)cc1F. The normalized spacial score (nSPS) is 10.8. The zero-order chi connectivity index (χ0) is 12.0. The van der Waals surface area contributed by atoms with Crippen LogP contribution in [0.5, 0.6) is 0 Å². The van der Waals surface area contributed by atoms with Crippen LogP contribution >= 0.6 is 0 Å². The van der Waals surface area contributed by atoms with Crippen molar-refractivity contribution < 1.29 is 4.39 Å². The Morgan fingerprint density at radius 3 is 2.69 bits per heavy atom. The summed E-state index contributed by atoms with van der Waals surface area (Å²) in [5.74, 6) is 0.446. The predicted molar refractivity (Wildman–Crippen MR) is 67.1 cm³/mol. The largest absolute Gasteiger partial charge is 0.383 e. The molecule has 1 aromatic rings. The maximum Gasteiger partial charge on any atom is 0.146 e. The standard InChI is InChI=1S/C13H21FN2/c1-10(2)6-8-16-13-4-3-11(5-7-15)9-12(13)14/h3-4,9-10,16H,5-8,15H2,1-2H3. The van der Waals surface area contributed by atoms with Crippen molar-refractivity contribution >= 4 is 5.69 Å². The fraction of sp³-hybridized carbons (Fsp3) is 0.538. The number of anilines is 1. The number of halogens is 1. The third-order valence-electron chi connectivity index (χ3n) is 2.50. The number of nitrogens with one attached hydrogen (secondary N) is 1. The van der Waals surface area contributed by atoms with Crippen LogP contribution in [0, 0.1) is 11.7 Å². The van der Waals surface area contributed by atoms with E-state index in [4.69, 9.17) is 5.73 Å². The van der Waals surface area contributed by atoms with E-state index in [9.17, 15) is 4.39 Å². The van der Waals surface area contributed by atoms with Crippen LogP contribution in [-0.4, -0.2) is 13.1 Å². The molecule has 3 N–H and O–H groups in total. The summed E-state index contributed by atoms with van der Waals surface area (Å²) >= 11 is 0. The highest BCUT2D eigenvalue weighted by Gasteiger charge is 2.03. The molecule has 0 spiro atoms. The van der Waals surface area contributed by atoms with Gasteiger partial charge in [0.05, 0.1) is 5.69 Å². The Bertz CT molecular complexity index is 324. The summed E-state index contributed by atoms with van der Waals surface area (Å²) in [7, 11) is 0. The molecule has 1 aromatic carbocycles. The predicted octanol–water partition coefficient (Wildman–Crippen LogP) is 2.78. The maximum absolute atomic E-state index is 13.6. The number of benzene rings is 1. The summed E-state index contributed by atoms with van der Waals surface area (Å²) in [6.07, 6.45) is 1.77. The van der Waals surface area contributed by atoms with Gasteiger partial charge in [0, 0.05) is 6.54 Å². The Labute approximate surface area is 97.0 Å². The van der Waals surface area contributed by atoms with Crippen LogP contribution in [0.2, 0.25) is 0 Å². The molecule has 0 aliphatic rings. The Hall–Kier alpha value is -1.09. The van der Waals surface area contributed by atoms with Crippen molar-refractivity contribution in [3.8, 4) is 0 Å². The lowest BCUT2D eigenvalue weighted by molar-refractivity contribution is 0.599. The van der Waals surface area contributed by atoms with E-state index >= 15 is 0 Å². The van der Waals surface area contributed by atoms with Gasteiger partial charge >= 0.3 is 0 Å². The van der Waals surface area contributed by atoms with Crippen molar-refractivity contribution in [2.24, 2.45) is 11.7 Å². The summed E-state index contributed by atoms with van der Waals surface area (Å²) in [6.45, 7) is 5.68. The van der Waals surface area contributed by atoms with Gasteiger partial charge in [0.2, 0.25) is 0 Å². The van der Waals surface area contributed by atoms with Crippen molar-refractivity contribution in [3.63, 3.8) is 0 Å². The number of hydrogen-bond donors (Lipinski definition) is 2. The van der Waals surface area contributed by atoms with Gasteiger partial charge in [0.1, 0.15) is 5.82 Å². The number of hydrogen-bond acceptors (Lipinski definition) is 2. The topological polar surface area (TPSA) is 38.0 Å². The van der Waals surface area contributed by atoms with Crippen LogP contribution in [-0.2, 0) is 6.42 Å². The molecule has 0 saturated carbocycles. The highest BCUT2D eigenvalue weighted by atomic mass is 19.1. The van der Waals surface area contributed by atoms with Crippen molar-refractivity contribution in [1.82, 2.24) is 0 Å². The fourth-order valence-electron chi connectivity index (χ4n) is 1.52. The van der Waals surface area contributed by atoms with Crippen LogP contribution in [0.4, 0.5) is 10.1 Å². The number of nitrogens with two attached hydrogens (primary N) is 1. The van der Waals surface area contributed by atoms with Crippen molar-refractivity contribution in [3.05, 3.63) is 29.6 Å². The van der Waals surface area contributed by atoms with Crippen molar-refractivity contribution in [1.29, 1.82) is 0 Å². The summed E-state index contributed by atoms with van der Waals surface area (Å²) in [6, 6.07) is 5.28. The first-order chi connectivity index (χ1) is 7.63. The molecular weight excluding hydrogens is 203 g/mol. The quantitative estimate of drug-likeness (QED) is 0.779. The Morgan fingerprint density at radius 1 is 1.38 bits per heavy atom. The van der Waals surface area contributed by atoms with E-state index in [1.165, 1.54) is 0 Å². The second-order valence-corrected chi connectivity index (χ2v) is 4.46. The van der Waals surface area contributed by atoms with E-state index in [0.717, 1.165) is 24.9 Å². The fourth-order valence-corrected chi connectivity index (χ4v) is 1.52. The van der Waals surface area contributed by atoms with E-state index < -0.39 is 0 Å². The van der Waals surface area contributed by atoms with Crippen LogP contribution in [0.25, 0.3) is 0 Å². The molecule has 0 aromatic heterocycles. The van der Waals surface area contributed by atoms with E-state index in [1.54, 1.807) is 12.1 Å². The molecule has 0 radical (unpaired) electrons. The smallest absolute Gasteiger partial charge is 0.146 e. The van der Waals surface area contributed by atoms with Gasteiger partial charge in [-0.2, -0.15) is 0 Å². The van der Waals surface area contributed by atoms with Gasteiger partial charge in [-0.3, -0.25) is 0 Å². The van der Waals surface area contributed by atoms with Gasteiger partial charge in [0.25, 0.3) is 0 Å². The lowest BCUT2D eigenvalue weighted by atomic mass is 10.1. The minimum atomic E-state index is -0.185. The van der Waals surface area contributed by atoms with Crippen molar-refractivity contribution in [2.75, 3.05) is 18.4 Å². The molecule has 16 heavy (non-hydrogen) atoms. The van der Waals surface area contributed by atoms with Crippen LogP contribution in [0.1, 0.15) is 25.8 Å². The molecule has 2 nitrogen and oxygen atoms in total. The molecule has 0 heterocycles. The molecule has 0 saturated heterocycles. The third-order valence-corrected chi connectivity index (χ3v) is 2.50. The van der Waals surface area contributed by atoms with Crippen LogP contribution < -0.4 is 11.1 Å². The highest BCUT2D eigenvalue weighted by molar-refractivity contribution is 5.46. The van der Waals surface area contributed by atoms with Gasteiger partial charge in [-0.25, -0.2) is 4.39 Å². The first kappa shape index (κ1) is 13.0. The van der Waals surface area contributed by atoms with E-state index in [2.05, 4.69) is 19.2 Å². The molecule has 0 fully saturated rings. The molecule has 0 unspecified atom stereocenters. The zero-order valence-electron chi connectivity index (χ0n) is 10.1. The highest BCUT2D eigenvalue weighted by Crippen LogP contribution is 2.16. The summed E-state index contributed by atoms with van der Waals surface area (Å²) < 4.78 is 13.6. The van der Waals surface area contributed by atoms with Crippen LogP contribution in [0.3, 0.4) is 0 Å². The van der Waals surface area contributed by atoms with Crippen molar-refractivity contribution in [2.45, 2.75) is 26.7 Å². The molecule has 0 aliphatic carbocycles. The molecule has 0 aliphatic heterocycles. The summed E-state index contributed by atoms with van der Waals surface area (Å²) in [5, 5.41) is 3.11.